The lowest BCUT2D eigenvalue weighted by Crippen LogP contribution is -2.35. The Balaban J connectivity index is 2.26. The summed E-state index contributed by atoms with van der Waals surface area (Å²) < 4.78 is 0. The van der Waals surface area contributed by atoms with Gasteiger partial charge < -0.3 is 10.6 Å². The van der Waals surface area contributed by atoms with Gasteiger partial charge in [-0.05, 0) is 74.4 Å². The lowest BCUT2D eigenvalue weighted by molar-refractivity contribution is 0.195. The zero-order chi connectivity index (χ0) is 14.7. The number of anilines is 1. The third-order valence-corrected chi connectivity index (χ3v) is 4.84. The molecule has 0 spiro atoms. The largest absolute Gasteiger partial charge is 0.398 e. The molecule has 1 aliphatic rings. The molecule has 1 heterocycles. The predicted octanol–water partition coefficient (Wildman–Crippen LogP) is 3.98. The first-order valence-corrected chi connectivity index (χ1v) is 8.10. The summed E-state index contributed by atoms with van der Waals surface area (Å²) in [6, 6.07) is 4.61. The molecule has 20 heavy (non-hydrogen) atoms. The van der Waals surface area contributed by atoms with E-state index in [1.54, 1.807) is 5.56 Å². The fourth-order valence-corrected chi connectivity index (χ4v) is 3.59. The summed E-state index contributed by atoms with van der Waals surface area (Å²) in [5.41, 5.74) is 11.5. The van der Waals surface area contributed by atoms with Crippen LogP contribution in [0.4, 0.5) is 5.69 Å². The van der Waals surface area contributed by atoms with E-state index in [2.05, 4.69) is 44.9 Å². The van der Waals surface area contributed by atoms with E-state index in [4.69, 9.17) is 5.73 Å². The van der Waals surface area contributed by atoms with Gasteiger partial charge in [0, 0.05) is 12.2 Å². The van der Waals surface area contributed by atoms with Crippen LogP contribution in [0.5, 0.6) is 0 Å². The van der Waals surface area contributed by atoms with E-state index < -0.39 is 0 Å². The fourth-order valence-electron chi connectivity index (χ4n) is 3.59. The van der Waals surface area contributed by atoms with E-state index in [1.807, 2.05) is 0 Å². The van der Waals surface area contributed by atoms with Crippen LogP contribution in [0.15, 0.2) is 12.1 Å². The third kappa shape index (κ3) is 3.35. The number of unbranched alkanes of at least 4 members (excludes halogenated alkanes) is 1. The van der Waals surface area contributed by atoms with Crippen LogP contribution in [0.3, 0.4) is 0 Å². The molecule has 0 bridgehead atoms. The number of aryl methyl sites for hydroxylation is 2. The van der Waals surface area contributed by atoms with Gasteiger partial charge in [-0.1, -0.05) is 26.3 Å². The molecule has 2 heteroatoms. The predicted molar refractivity (Wildman–Crippen MR) is 88.2 cm³/mol. The second-order valence-corrected chi connectivity index (χ2v) is 6.65. The monoisotopic (exact) mass is 274 g/mol. The first-order chi connectivity index (χ1) is 9.52. The number of hydrogen-bond acceptors (Lipinski definition) is 2. The van der Waals surface area contributed by atoms with Gasteiger partial charge in [-0.2, -0.15) is 0 Å². The minimum absolute atomic E-state index is 0.701. The van der Waals surface area contributed by atoms with Gasteiger partial charge in [0.15, 0.2) is 0 Å². The van der Waals surface area contributed by atoms with Gasteiger partial charge in [-0.25, -0.2) is 0 Å². The highest BCUT2D eigenvalue weighted by Crippen LogP contribution is 2.36. The number of hydrogen-bond donors (Lipinski definition) is 1. The standard InChI is InChI=1S/C18H30N2/c1-5-6-7-15-11-17(13(2)10-18(15)19)16-8-9-20(4)12-14(16)3/h10-11,14,16H,5-9,12,19H2,1-4H3. The number of piperidine rings is 1. The topological polar surface area (TPSA) is 29.3 Å². The molecular formula is C18H30N2. The molecule has 2 rings (SSSR count). The number of rotatable bonds is 4. The Morgan fingerprint density at radius 2 is 2.10 bits per heavy atom. The highest BCUT2D eigenvalue weighted by Gasteiger charge is 2.27. The van der Waals surface area contributed by atoms with Crippen molar-refractivity contribution in [3.63, 3.8) is 0 Å². The van der Waals surface area contributed by atoms with E-state index in [9.17, 15) is 0 Å². The Bertz CT molecular complexity index is 453. The molecule has 0 aromatic heterocycles. The Morgan fingerprint density at radius 3 is 2.75 bits per heavy atom. The maximum Gasteiger partial charge on any atom is 0.0349 e. The summed E-state index contributed by atoms with van der Waals surface area (Å²) in [5, 5.41) is 0. The molecule has 0 amide bonds. The van der Waals surface area contributed by atoms with Crippen LogP contribution in [-0.4, -0.2) is 25.0 Å². The summed E-state index contributed by atoms with van der Waals surface area (Å²) in [6.45, 7) is 9.27. The van der Waals surface area contributed by atoms with Gasteiger partial charge in [0.1, 0.15) is 0 Å². The zero-order valence-corrected chi connectivity index (χ0v) is 13.6. The molecule has 0 radical (unpaired) electrons. The first kappa shape index (κ1) is 15.4. The van der Waals surface area contributed by atoms with Crippen molar-refractivity contribution in [1.29, 1.82) is 0 Å². The SMILES string of the molecule is CCCCc1cc(C2CCN(C)CC2C)c(C)cc1N. The third-order valence-electron chi connectivity index (χ3n) is 4.84. The van der Waals surface area contributed by atoms with Crippen LogP contribution in [-0.2, 0) is 6.42 Å². The highest BCUT2D eigenvalue weighted by molar-refractivity contribution is 5.53. The van der Waals surface area contributed by atoms with Crippen LogP contribution >= 0.6 is 0 Å². The molecule has 2 unspecified atom stereocenters. The minimum Gasteiger partial charge on any atom is -0.398 e. The van der Waals surface area contributed by atoms with E-state index >= 15 is 0 Å². The van der Waals surface area contributed by atoms with Gasteiger partial charge in [0.2, 0.25) is 0 Å². The van der Waals surface area contributed by atoms with Crippen LogP contribution < -0.4 is 5.73 Å². The van der Waals surface area contributed by atoms with Crippen molar-refractivity contribution in [3.05, 3.63) is 28.8 Å². The zero-order valence-electron chi connectivity index (χ0n) is 13.6. The van der Waals surface area contributed by atoms with Gasteiger partial charge in [0.25, 0.3) is 0 Å². The van der Waals surface area contributed by atoms with Crippen molar-refractivity contribution in [1.82, 2.24) is 4.90 Å². The normalized spacial score (nSPS) is 24.0. The van der Waals surface area contributed by atoms with Crippen molar-refractivity contribution in [2.24, 2.45) is 5.92 Å². The van der Waals surface area contributed by atoms with Crippen molar-refractivity contribution in [2.45, 2.75) is 52.4 Å². The summed E-state index contributed by atoms with van der Waals surface area (Å²) in [6.07, 6.45) is 4.86. The van der Waals surface area contributed by atoms with Gasteiger partial charge in [-0.3, -0.25) is 0 Å². The Labute approximate surface area is 124 Å². The van der Waals surface area contributed by atoms with E-state index in [0.29, 0.717) is 5.92 Å². The van der Waals surface area contributed by atoms with Crippen LogP contribution in [0.1, 0.15) is 55.7 Å². The molecule has 112 valence electrons. The van der Waals surface area contributed by atoms with Crippen molar-refractivity contribution < 1.29 is 0 Å². The van der Waals surface area contributed by atoms with E-state index in [1.165, 1.54) is 43.5 Å². The maximum absolute atomic E-state index is 6.21. The number of nitrogen functional groups attached to an aromatic ring is 1. The molecule has 2 nitrogen and oxygen atoms in total. The van der Waals surface area contributed by atoms with Crippen molar-refractivity contribution in [2.75, 3.05) is 25.9 Å². The molecule has 2 atom stereocenters. The van der Waals surface area contributed by atoms with Crippen LogP contribution in [0.25, 0.3) is 0 Å². The molecule has 0 aliphatic carbocycles. The maximum atomic E-state index is 6.21. The molecule has 2 N–H and O–H groups in total. The summed E-state index contributed by atoms with van der Waals surface area (Å²) in [4.78, 5) is 2.45. The lowest BCUT2D eigenvalue weighted by atomic mass is 9.79. The number of benzene rings is 1. The van der Waals surface area contributed by atoms with Gasteiger partial charge in [-0.15, -0.1) is 0 Å². The summed E-state index contributed by atoms with van der Waals surface area (Å²) in [7, 11) is 2.23. The smallest absolute Gasteiger partial charge is 0.0349 e. The summed E-state index contributed by atoms with van der Waals surface area (Å²) in [5.74, 6) is 1.43. The molecule has 0 saturated carbocycles. The molecule has 1 aromatic rings. The van der Waals surface area contributed by atoms with Crippen molar-refractivity contribution >= 4 is 5.69 Å². The molecule has 1 saturated heterocycles. The quantitative estimate of drug-likeness (QED) is 0.842. The number of likely N-dealkylation sites (tertiary alicyclic amines) is 1. The Kier molecular flexibility index (Phi) is 5.09. The average molecular weight is 274 g/mol. The lowest BCUT2D eigenvalue weighted by Gasteiger charge is -2.36. The van der Waals surface area contributed by atoms with Gasteiger partial charge in [0.05, 0.1) is 0 Å². The molecule has 1 aromatic carbocycles. The first-order valence-electron chi connectivity index (χ1n) is 8.10. The molecule has 1 aliphatic heterocycles. The number of nitrogens with zero attached hydrogens (tertiary/aromatic N) is 1. The Morgan fingerprint density at radius 1 is 1.35 bits per heavy atom. The van der Waals surface area contributed by atoms with Crippen LogP contribution in [0, 0.1) is 12.8 Å². The average Bonchev–Trinajstić information content (AvgIpc) is 2.39. The second kappa shape index (κ2) is 6.62. The molecular weight excluding hydrogens is 244 g/mol. The molecule has 1 fully saturated rings. The number of nitrogens with two attached hydrogens (primary N) is 1. The Hall–Kier alpha value is -1.02. The second-order valence-electron chi connectivity index (χ2n) is 6.65. The van der Waals surface area contributed by atoms with Gasteiger partial charge >= 0.3 is 0 Å². The summed E-state index contributed by atoms with van der Waals surface area (Å²) >= 11 is 0. The van der Waals surface area contributed by atoms with Crippen molar-refractivity contribution in [3.8, 4) is 0 Å². The van der Waals surface area contributed by atoms with E-state index in [-0.39, 0.29) is 0 Å². The van der Waals surface area contributed by atoms with E-state index in [0.717, 1.165) is 18.0 Å². The minimum atomic E-state index is 0.701. The van der Waals surface area contributed by atoms with Crippen LogP contribution in [0.2, 0.25) is 0 Å². The highest BCUT2D eigenvalue weighted by atomic mass is 15.1. The fraction of sp³-hybridized carbons (Fsp3) is 0.667.